The Kier molecular flexibility index (Phi) is 6.69. The highest BCUT2D eigenvalue weighted by molar-refractivity contribution is 7.89. The third kappa shape index (κ3) is 5.39. The topological polar surface area (TPSA) is 114 Å². The lowest BCUT2D eigenvalue weighted by Crippen LogP contribution is -2.25. The van der Waals surface area contributed by atoms with Crippen LogP contribution in [0.15, 0.2) is 65.6 Å². The van der Waals surface area contributed by atoms with Crippen LogP contribution in [0, 0.1) is 11.8 Å². The number of pyridine rings is 1. The summed E-state index contributed by atoms with van der Waals surface area (Å²) in [6, 6.07) is 13.2. The van der Waals surface area contributed by atoms with Crippen LogP contribution < -0.4 is 0 Å². The molecule has 0 radical (unpaired) electrons. The van der Waals surface area contributed by atoms with Crippen LogP contribution in [-0.4, -0.2) is 49.8 Å². The van der Waals surface area contributed by atoms with E-state index in [1.165, 1.54) is 4.31 Å². The average molecular weight is 504 g/mol. The van der Waals surface area contributed by atoms with Crippen LogP contribution in [-0.2, 0) is 23.1 Å². The fourth-order valence-corrected chi connectivity index (χ4v) is 5.51. The van der Waals surface area contributed by atoms with Crippen molar-refractivity contribution in [1.82, 2.24) is 24.0 Å². The Bertz CT molecular complexity index is 1510. The van der Waals surface area contributed by atoms with E-state index in [0.29, 0.717) is 43.3 Å². The van der Waals surface area contributed by atoms with Crippen LogP contribution in [0.3, 0.4) is 0 Å². The van der Waals surface area contributed by atoms with Gasteiger partial charge in [-0.05, 0) is 49.7 Å². The van der Waals surface area contributed by atoms with Gasteiger partial charge in [0.05, 0.1) is 24.5 Å². The predicted molar refractivity (Wildman–Crippen MR) is 133 cm³/mol. The van der Waals surface area contributed by atoms with E-state index in [2.05, 4.69) is 27.0 Å². The molecule has 5 rings (SSSR count). The Morgan fingerprint density at radius 1 is 1.06 bits per heavy atom. The summed E-state index contributed by atoms with van der Waals surface area (Å²) in [5, 5.41) is 14.0. The summed E-state index contributed by atoms with van der Waals surface area (Å²) in [5.74, 6) is 7.64. The molecule has 1 aliphatic heterocycles. The van der Waals surface area contributed by atoms with Crippen LogP contribution >= 0.6 is 0 Å². The number of sulfonamides is 1. The van der Waals surface area contributed by atoms with E-state index >= 15 is 0 Å². The minimum atomic E-state index is -3.14. The van der Waals surface area contributed by atoms with Crippen molar-refractivity contribution >= 4 is 10.0 Å². The smallest absolute Gasteiger partial charge is 0.214 e. The average Bonchev–Trinajstić information content (AvgIpc) is 3.60. The maximum atomic E-state index is 12.0. The highest BCUT2D eigenvalue weighted by atomic mass is 32.2. The second-order valence-corrected chi connectivity index (χ2v) is 10.7. The Balaban J connectivity index is 1.22. The summed E-state index contributed by atoms with van der Waals surface area (Å²) in [7, 11) is -3.14. The van der Waals surface area contributed by atoms with E-state index in [1.807, 2.05) is 47.0 Å². The lowest BCUT2D eigenvalue weighted by Gasteiger charge is -2.13. The van der Waals surface area contributed by atoms with E-state index in [-0.39, 0.29) is 5.75 Å². The Morgan fingerprint density at radius 2 is 1.83 bits per heavy atom. The summed E-state index contributed by atoms with van der Waals surface area (Å²) in [5.41, 5.74) is 3.90. The number of hydrogen-bond donors (Lipinski definition) is 1. The van der Waals surface area contributed by atoms with E-state index in [1.54, 1.807) is 25.5 Å². The molecule has 184 valence electrons. The van der Waals surface area contributed by atoms with Crippen molar-refractivity contribution in [3.05, 3.63) is 89.4 Å². The summed E-state index contributed by atoms with van der Waals surface area (Å²) in [6.07, 6.45) is 5.11. The third-order valence-corrected chi connectivity index (χ3v) is 7.80. The zero-order valence-electron chi connectivity index (χ0n) is 19.7. The van der Waals surface area contributed by atoms with Crippen molar-refractivity contribution in [2.24, 2.45) is 0 Å². The fraction of sp³-hybridized carbons (Fsp3) is 0.269. The molecule has 1 N–H and O–H groups in total. The Labute approximate surface area is 209 Å². The summed E-state index contributed by atoms with van der Waals surface area (Å²) in [6.45, 7) is 2.97. The van der Waals surface area contributed by atoms with Crippen molar-refractivity contribution in [3.8, 4) is 23.2 Å². The molecule has 1 atom stereocenters. The maximum absolute atomic E-state index is 12.0. The van der Waals surface area contributed by atoms with E-state index in [0.717, 1.165) is 22.4 Å². The van der Waals surface area contributed by atoms with Gasteiger partial charge in [-0.25, -0.2) is 13.4 Å². The van der Waals surface area contributed by atoms with Crippen LogP contribution in [0.1, 0.15) is 47.8 Å². The van der Waals surface area contributed by atoms with E-state index in [4.69, 9.17) is 4.52 Å². The van der Waals surface area contributed by atoms with Crippen LogP contribution in [0.2, 0.25) is 0 Å². The van der Waals surface area contributed by atoms with Crippen molar-refractivity contribution in [2.75, 3.05) is 12.3 Å². The second-order valence-electron chi connectivity index (χ2n) is 8.64. The minimum Gasteiger partial charge on any atom is -0.385 e. The van der Waals surface area contributed by atoms with Crippen molar-refractivity contribution < 1.29 is 18.0 Å². The first-order valence-corrected chi connectivity index (χ1v) is 13.2. The van der Waals surface area contributed by atoms with Gasteiger partial charge in [0.1, 0.15) is 17.6 Å². The molecular formula is C26H25N5O4S. The lowest BCUT2D eigenvalue weighted by atomic mass is 10.1. The molecule has 1 fully saturated rings. The zero-order valence-corrected chi connectivity index (χ0v) is 20.5. The summed E-state index contributed by atoms with van der Waals surface area (Å²) in [4.78, 5) is 8.54. The molecule has 0 aliphatic carbocycles. The first-order chi connectivity index (χ1) is 17.4. The molecule has 1 saturated heterocycles. The number of aromatic nitrogens is 4. The molecule has 9 nitrogen and oxygen atoms in total. The predicted octanol–water partition coefficient (Wildman–Crippen LogP) is 2.97. The van der Waals surface area contributed by atoms with Crippen LogP contribution in [0.25, 0.3) is 11.3 Å². The summed E-state index contributed by atoms with van der Waals surface area (Å²) < 4.78 is 32.7. The van der Waals surface area contributed by atoms with E-state index < -0.39 is 16.1 Å². The van der Waals surface area contributed by atoms with Gasteiger partial charge in [0.25, 0.3) is 0 Å². The maximum Gasteiger partial charge on any atom is 0.214 e. The van der Waals surface area contributed by atoms with Gasteiger partial charge in [-0.3, -0.25) is 4.98 Å². The molecule has 36 heavy (non-hydrogen) atoms. The highest BCUT2D eigenvalue weighted by Gasteiger charge is 2.28. The number of nitrogens with zero attached hydrogens (tertiary/aromatic N) is 5. The number of aliphatic hydroxyl groups excluding tert-OH is 1. The van der Waals surface area contributed by atoms with Crippen molar-refractivity contribution in [2.45, 2.75) is 32.5 Å². The molecule has 4 aromatic rings. The van der Waals surface area contributed by atoms with Gasteiger partial charge in [-0.15, -0.1) is 0 Å². The molecule has 10 heteroatoms. The molecule has 0 saturated carbocycles. The number of rotatable bonds is 6. The minimum absolute atomic E-state index is 0.212. The molecule has 3 aromatic heterocycles. The number of aliphatic hydroxyl groups is 1. The van der Waals surface area contributed by atoms with Gasteiger partial charge < -0.3 is 14.2 Å². The first kappa shape index (κ1) is 23.9. The molecule has 0 spiro atoms. The molecule has 1 aliphatic rings. The zero-order chi connectivity index (χ0) is 25.1. The first-order valence-electron chi connectivity index (χ1n) is 11.6. The third-order valence-electron chi connectivity index (χ3n) is 5.90. The van der Waals surface area contributed by atoms with E-state index in [9.17, 15) is 13.5 Å². The number of imidazole rings is 1. The van der Waals surface area contributed by atoms with Crippen molar-refractivity contribution in [1.29, 1.82) is 0 Å². The number of benzene rings is 1. The number of hydrogen-bond acceptors (Lipinski definition) is 7. The Morgan fingerprint density at radius 3 is 2.53 bits per heavy atom. The highest BCUT2D eigenvalue weighted by Crippen LogP contribution is 2.22. The van der Waals surface area contributed by atoms with Gasteiger partial charge in [0, 0.05) is 47.9 Å². The quantitative estimate of drug-likeness (QED) is 0.402. The Hall–Kier alpha value is -3.78. The van der Waals surface area contributed by atoms with Crippen molar-refractivity contribution in [3.63, 3.8) is 0 Å². The van der Waals surface area contributed by atoms with Gasteiger partial charge in [-0.2, -0.15) is 4.31 Å². The fourth-order valence-electron chi connectivity index (χ4n) is 4.02. The molecule has 0 unspecified atom stereocenters. The molecule has 0 bridgehead atoms. The van der Waals surface area contributed by atoms with Crippen LogP contribution in [0.4, 0.5) is 0 Å². The monoisotopic (exact) mass is 503 g/mol. The standard InChI is InChI=1S/C26H25N5O4S/c1-19(32)26-27-11-13-30(26)17-24-15-25(35-29-24)22-8-5-20(6-9-22)3-4-21-7-10-23(28-16-21)18-31-12-2-14-36(31,33)34/h5-11,13,15-16,19,32H,2,12,14,17-18H2,1H3/t19-/m0/s1. The van der Waals surface area contributed by atoms with Crippen LogP contribution in [0.5, 0.6) is 0 Å². The van der Waals surface area contributed by atoms with Gasteiger partial charge in [-0.1, -0.05) is 17.0 Å². The molecule has 0 amide bonds. The SMILES string of the molecule is C[C@H](O)c1nccn1Cc1cc(-c2ccc(C#Cc3ccc(CN4CCCS4(=O)=O)nc3)cc2)on1. The largest absolute Gasteiger partial charge is 0.385 e. The van der Waals surface area contributed by atoms with Gasteiger partial charge in [0.15, 0.2) is 5.76 Å². The lowest BCUT2D eigenvalue weighted by molar-refractivity contribution is 0.184. The van der Waals surface area contributed by atoms with Gasteiger partial charge in [0.2, 0.25) is 10.0 Å². The molecule has 4 heterocycles. The second kappa shape index (κ2) is 10.1. The molecular weight excluding hydrogens is 478 g/mol. The van der Waals surface area contributed by atoms with Gasteiger partial charge >= 0.3 is 0 Å². The normalized spacial score (nSPS) is 15.9. The molecule has 1 aromatic carbocycles. The summed E-state index contributed by atoms with van der Waals surface area (Å²) >= 11 is 0.